The van der Waals surface area contributed by atoms with Gasteiger partial charge in [0.1, 0.15) is 0 Å². The standard InChI is InChI=1S/C23H24ClN5OS/c1-15-14-19(16(2)29(15)18-9-7-17(24)8-10-18)23(30)25-20(11-13-31-3)22-27-26-21-6-4-5-12-28(21)22/h4-10,12,14,20H,11,13H2,1-3H3,(H,25,30). The molecular formula is C23H24ClN5OS. The number of nitrogens with one attached hydrogen (secondary N) is 1. The van der Waals surface area contributed by atoms with E-state index in [1.54, 1.807) is 11.8 Å². The van der Waals surface area contributed by atoms with Gasteiger partial charge in [0, 0.05) is 28.3 Å². The van der Waals surface area contributed by atoms with Crippen molar-refractivity contribution >= 4 is 34.9 Å². The van der Waals surface area contributed by atoms with Crippen molar-refractivity contribution < 1.29 is 4.79 Å². The lowest BCUT2D eigenvalue weighted by molar-refractivity contribution is 0.0933. The van der Waals surface area contributed by atoms with E-state index < -0.39 is 0 Å². The van der Waals surface area contributed by atoms with E-state index in [1.165, 1.54) is 0 Å². The number of benzene rings is 1. The Bertz CT molecular complexity index is 1210. The maximum absolute atomic E-state index is 13.3. The molecule has 0 bridgehead atoms. The van der Waals surface area contributed by atoms with Crippen LogP contribution in [0.15, 0.2) is 54.7 Å². The molecule has 1 amide bonds. The third kappa shape index (κ3) is 4.34. The normalized spacial score (nSPS) is 12.3. The van der Waals surface area contributed by atoms with Gasteiger partial charge in [-0.1, -0.05) is 17.7 Å². The SMILES string of the molecule is CSCCC(NC(=O)c1cc(C)n(-c2ccc(Cl)cc2)c1C)c1nnc2ccccn12. The molecule has 0 spiro atoms. The van der Waals surface area contributed by atoms with Gasteiger partial charge in [0.25, 0.3) is 5.91 Å². The highest BCUT2D eigenvalue weighted by Crippen LogP contribution is 2.24. The van der Waals surface area contributed by atoms with E-state index in [0.717, 1.165) is 40.7 Å². The van der Waals surface area contributed by atoms with Gasteiger partial charge in [0.2, 0.25) is 0 Å². The molecule has 0 aliphatic heterocycles. The van der Waals surface area contributed by atoms with Crippen molar-refractivity contribution in [2.24, 2.45) is 0 Å². The number of carbonyl (C=O) groups is 1. The van der Waals surface area contributed by atoms with E-state index in [0.29, 0.717) is 10.6 Å². The lowest BCUT2D eigenvalue weighted by Crippen LogP contribution is -2.30. The topological polar surface area (TPSA) is 64.2 Å². The summed E-state index contributed by atoms with van der Waals surface area (Å²) in [5.41, 5.74) is 4.25. The molecule has 160 valence electrons. The summed E-state index contributed by atoms with van der Waals surface area (Å²) in [5, 5.41) is 12.5. The van der Waals surface area contributed by atoms with Crippen LogP contribution in [0.3, 0.4) is 0 Å². The zero-order valence-corrected chi connectivity index (χ0v) is 19.2. The maximum atomic E-state index is 13.3. The second-order valence-electron chi connectivity index (χ2n) is 7.39. The largest absolute Gasteiger partial charge is 0.342 e. The van der Waals surface area contributed by atoms with Crippen LogP contribution in [0.1, 0.15) is 40.0 Å². The molecule has 1 N–H and O–H groups in total. The smallest absolute Gasteiger partial charge is 0.253 e. The van der Waals surface area contributed by atoms with Gasteiger partial charge in [-0.25, -0.2) is 0 Å². The molecule has 8 heteroatoms. The molecular weight excluding hydrogens is 430 g/mol. The molecule has 4 aromatic rings. The fraction of sp³-hybridized carbons (Fsp3) is 0.261. The zero-order chi connectivity index (χ0) is 22.0. The molecule has 4 rings (SSSR count). The highest BCUT2D eigenvalue weighted by Gasteiger charge is 2.23. The van der Waals surface area contributed by atoms with Crippen molar-refractivity contribution in [3.8, 4) is 5.69 Å². The molecule has 31 heavy (non-hydrogen) atoms. The fourth-order valence-corrected chi connectivity index (χ4v) is 4.41. The number of aryl methyl sites for hydroxylation is 1. The Labute approximate surface area is 190 Å². The molecule has 0 saturated carbocycles. The molecule has 3 heterocycles. The third-order valence-electron chi connectivity index (χ3n) is 5.33. The molecule has 0 saturated heterocycles. The molecule has 1 unspecified atom stereocenters. The number of hydrogen-bond donors (Lipinski definition) is 1. The van der Waals surface area contributed by atoms with Crippen LogP contribution in [0.4, 0.5) is 0 Å². The van der Waals surface area contributed by atoms with Gasteiger partial charge in [-0.15, -0.1) is 10.2 Å². The third-order valence-corrected chi connectivity index (χ3v) is 6.22. The van der Waals surface area contributed by atoms with E-state index in [-0.39, 0.29) is 11.9 Å². The van der Waals surface area contributed by atoms with Crippen molar-refractivity contribution in [2.75, 3.05) is 12.0 Å². The van der Waals surface area contributed by atoms with Crippen molar-refractivity contribution in [3.05, 3.63) is 82.5 Å². The van der Waals surface area contributed by atoms with E-state index in [1.807, 2.05) is 73.0 Å². The first kappa shape index (κ1) is 21.5. The zero-order valence-electron chi connectivity index (χ0n) is 17.7. The van der Waals surface area contributed by atoms with Gasteiger partial charge in [-0.05, 0) is 74.7 Å². The first-order valence-electron chi connectivity index (χ1n) is 10.0. The van der Waals surface area contributed by atoms with E-state index in [9.17, 15) is 4.79 Å². The summed E-state index contributed by atoms with van der Waals surface area (Å²) in [5.74, 6) is 1.52. The van der Waals surface area contributed by atoms with Crippen LogP contribution in [0, 0.1) is 13.8 Å². The Balaban J connectivity index is 1.65. The predicted octanol–water partition coefficient (Wildman–Crippen LogP) is 5.01. The van der Waals surface area contributed by atoms with E-state index in [4.69, 9.17) is 11.6 Å². The number of pyridine rings is 1. The van der Waals surface area contributed by atoms with Crippen molar-refractivity contribution in [1.82, 2.24) is 24.5 Å². The number of hydrogen-bond acceptors (Lipinski definition) is 4. The summed E-state index contributed by atoms with van der Waals surface area (Å²) in [6.07, 6.45) is 4.74. The first-order valence-corrected chi connectivity index (χ1v) is 11.8. The van der Waals surface area contributed by atoms with Crippen LogP contribution in [-0.2, 0) is 0 Å². The Hall–Kier alpha value is -2.77. The number of rotatable bonds is 7. The highest BCUT2D eigenvalue weighted by atomic mass is 35.5. The number of fused-ring (bicyclic) bond motifs is 1. The van der Waals surface area contributed by atoms with Crippen molar-refractivity contribution in [3.63, 3.8) is 0 Å². The quantitative estimate of drug-likeness (QED) is 0.427. The van der Waals surface area contributed by atoms with Crippen LogP contribution >= 0.6 is 23.4 Å². The molecule has 0 radical (unpaired) electrons. The van der Waals surface area contributed by atoms with E-state index >= 15 is 0 Å². The molecule has 6 nitrogen and oxygen atoms in total. The van der Waals surface area contributed by atoms with Crippen LogP contribution < -0.4 is 5.32 Å². The summed E-state index contributed by atoms with van der Waals surface area (Å²) >= 11 is 7.78. The Morgan fingerprint density at radius 2 is 1.94 bits per heavy atom. The van der Waals surface area contributed by atoms with Crippen LogP contribution in [0.5, 0.6) is 0 Å². The minimum absolute atomic E-state index is 0.118. The number of halogens is 1. The van der Waals surface area contributed by atoms with Crippen LogP contribution in [0.25, 0.3) is 11.3 Å². The van der Waals surface area contributed by atoms with Crippen LogP contribution in [-0.4, -0.2) is 37.1 Å². The average molecular weight is 454 g/mol. The molecule has 3 aromatic heterocycles. The molecule has 1 atom stereocenters. The Morgan fingerprint density at radius 3 is 2.68 bits per heavy atom. The lowest BCUT2D eigenvalue weighted by atomic mass is 10.1. The number of aromatic nitrogens is 4. The summed E-state index contributed by atoms with van der Waals surface area (Å²) in [6, 6.07) is 15.1. The summed E-state index contributed by atoms with van der Waals surface area (Å²) < 4.78 is 4.00. The Kier molecular flexibility index (Phi) is 6.34. The molecule has 1 aromatic carbocycles. The van der Waals surface area contributed by atoms with Gasteiger partial charge in [0.05, 0.1) is 11.6 Å². The number of amides is 1. The van der Waals surface area contributed by atoms with Gasteiger partial charge < -0.3 is 9.88 Å². The lowest BCUT2D eigenvalue weighted by Gasteiger charge is -2.17. The van der Waals surface area contributed by atoms with Gasteiger partial charge in [-0.3, -0.25) is 9.20 Å². The fourth-order valence-electron chi connectivity index (χ4n) is 3.82. The summed E-state index contributed by atoms with van der Waals surface area (Å²) in [6.45, 7) is 3.95. The van der Waals surface area contributed by atoms with Crippen LogP contribution in [0.2, 0.25) is 5.02 Å². The van der Waals surface area contributed by atoms with E-state index in [2.05, 4.69) is 26.3 Å². The maximum Gasteiger partial charge on any atom is 0.253 e. The second kappa shape index (κ2) is 9.16. The predicted molar refractivity (Wildman–Crippen MR) is 126 cm³/mol. The number of thioether (sulfide) groups is 1. The summed E-state index contributed by atoms with van der Waals surface area (Å²) in [7, 11) is 0. The highest BCUT2D eigenvalue weighted by molar-refractivity contribution is 7.98. The minimum Gasteiger partial charge on any atom is -0.342 e. The Morgan fingerprint density at radius 1 is 1.16 bits per heavy atom. The number of nitrogens with zero attached hydrogens (tertiary/aromatic N) is 4. The average Bonchev–Trinajstić information content (AvgIpc) is 3.32. The summed E-state index contributed by atoms with van der Waals surface area (Å²) in [4.78, 5) is 13.3. The first-order chi connectivity index (χ1) is 15.0. The van der Waals surface area contributed by atoms with Gasteiger partial charge in [-0.2, -0.15) is 11.8 Å². The van der Waals surface area contributed by atoms with Crippen molar-refractivity contribution in [1.29, 1.82) is 0 Å². The number of carbonyl (C=O) groups excluding carboxylic acids is 1. The van der Waals surface area contributed by atoms with Gasteiger partial charge in [0.15, 0.2) is 11.5 Å². The molecule has 0 aliphatic carbocycles. The second-order valence-corrected chi connectivity index (χ2v) is 8.81. The monoisotopic (exact) mass is 453 g/mol. The minimum atomic E-state index is -0.240. The van der Waals surface area contributed by atoms with Crippen molar-refractivity contribution in [2.45, 2.75) is 26.3 Å². The van der Waals surface area contributed by atoms with Gasteiger partial charge >= 0.3 is 0 Å². The molecule has 0 fully saturated rings. The molecule has 0 aliphatic rings.